The summed E-state index contributed by atoms with van der Waals surface area (Å²) in [4.78, 5) is 32.5. The van der Waals surface area contributed by atoms with E-state index in [9.17, 15) is 14.4 Å². The van der Waals surface area contributed by atoms with Gasteiger partial charge in [-0.1, -0.05) is 6.92 Å². The quantitative estimate of drug-likeness (QED) is 0.456. The third-order valence-corrected chi connectivity index (χ3v) is 1.49. The molecule has 0 aliphatic heterocycles. The number of rotatable bonds is 6. The van der Waals surface area contributed by atoms with E-state index in [1.807, 2.05) is 0 Å². The zero-order valence-corrected chi connectivity index (χ0v) is 7.96. The third kappa shape index (κ3) is 5.11. The molecular formula is C9H14O4. The van der Waals surface area contributed by atoms with E-state index >= 15 is 0 Å². The molecule has 0 atom stereocenters. The summed E-state index contributed by atoms with van der Waals surface area (Å²) in [5.41, 5.74) is 0. The molecule has 0 radical (unpaired) electrons. The first-order valence-electron chi connectivity index (χ1n) is 4.33. The lowest BCUT2D eigenvalue weighted by atomic mass is 10.1. The van der Waals surface area contributed by atoms with E-state index in [2.05, 4.69) is 4.74 Å². The van der Waals surface area contributed by atoms with Crippen molar-refractivity contribution in [2.45, 2.75) is 33.1 Å². The second-order valence-electron chi connectivity index (χ2n) is 2.50. The summed E-state index contributed by atoms with van der Waals surface area (Å²) in [5.74, 6) is -1.35. The molecule has 0 rings (SSSR count). The minimum atomic E-state index is -0.490. The molecule has 4 heteroatoms. The lowest BCUT2D eigenvalue weighted by Crippen LogP contribution is -2.15. The summed E-state index contributed by atoms with van der Waals surface area (Å²) in [6, 6.07) is 0. The summed E-state index contributed by atoms with van der Waals surface area (Å²) in [7, 11) is 0. The van der Waals surface area contributed by atoms with Crippen LogP contribution in [0.3, 0.4) is 0 Å². The number of hydrogen-bond donors (Lipinski definition) is 0. The van der Waals surface area contributed by atoms with Crippen LogP contribution in [0.2, 0.25) is 0 Å². The standard InChI is InChI=1S/C9H14O4/c1-3-7(10)8(11)5-6-9(12)13-4-2/h3-6H2,1-2H3. The Kier molecular flexibility index (Phi) is 5.76. The van der Waals surface area contributed by atoms with E-state index < -0.39 is 17.5 Å². The van der Waals surface area contributed by atoms with Crippen LogP contribution in [0.15, 0.2) is 0 Å². The van der Waals surface area contributed by atoms with Crippen LogP contribution in [0.1, 0.15) is 33.1 Å². The number of ketones is 2. The first kappa shape index (κ1) is 11.8. The number of ether oxygens (including phenoxy) is 1. The Morgan fingerprint density at radius 3 is 2.08 bits per heavy atom. The van der Waals surface area contributed by atoms with Gasteiger partial charge >= 0.3 is 5.97 Å². The molecular weight excluding hydrogens is 172 g/mol. The van der Waals surface area contributed by atoms with E-state index in [1.54, 1.807) is 13.8 Å². The van der Waals surface area contributed by atoms with Gasteiger partial charge in [0.15, 0.2) is 11.6 Å². The van der Waals surface area contributed by atoms with Crippen molar-refractivity contribution in [3.05, 3.63) is 0 Å². The number of carbonyl (C=O) groups excluding carboxylic acids is 3. The smallest absolute Gasteiger partial charge is 0.306 e. The maximum Gasteiger partial charge on any atom is 0.306 e. The monoisotopic (exact) mass is 186 g/mol. The lowest BCUT2D eigenvalue weighted by Gasteiger charge is -1.99. The Hall–Kier alpha value is -1.19. The SMILES string of the molecule is CCOC(=O)CCC(=O)C(=O)CC. The molecule has 74 valence electrons. The van der Waals surface area contributed by atoms with Crippen LogP contribution in [0.5, 0.6) is 0 Å². The van der Waals surface area contributed by atoms with Gasteiger partial charge in [0.25, 0.3) is 0 Å². The Morgan fingerprint density at radius 2 is 1.62 bits per heavy atom. The molecule has 0 spiro atoms. The lowest BCUT2D eigenvalue weighted by molar-refractivity contribution is -0.145. The van der Waals surface area contributed by atoms with Crippen LogP contribution in [-0.2, 0) is 19.1 Å². The molecule has 0 saturated carbocycles. The third-order valence-electron chi connectivity index (χ3n) is 1.49. The van der Waals surface area contributed by atoms with Gasteiger partial charge in [-0.3, -0.25) is 14.4 Å². The first-order chi connectivity index (χ1) is 6.11. The minimum absolute atomic E-state index is 0.00157. The summed E-state index contributed by atoms with van der Waals surface area (Å²) < 4.78 is 4.60. The highest BCUT2D eigenvalue weighted by molar-refractivity contribution is 6.37. The van der Waals surface area contributed by atoms with E-state index in [0.29, 0.717) is 6.61 Å². The van der Waals surface area contributed by atoms with Crippen molar-refractivity contribution in [1.29, 1.82) is 0 Å². The van der Waals surface area contributed by atoms with Crippen molar-refractivity contribution in [3.63, 3.8) is 0 Å². The van der Waals surface area contributed by atoms with Gasteiger partial charge in [0.05, 0.1) is 13.0 Å². The summed E-state index contributed by atoms with van der Waals surface area (Å²) in [6.07, 6.45) is 0.158. The molecule has 0 aliphatic rings. The molecule has 0 saturated heterocycles. The van der Waals surface area contributed by atoms with Gasteiger partial charge in [-0.15, -0.1) is 0 Å². The number of esters is 1. The molecule has 0 fully saturated rings. The van der Waals surface area contributed by atoms with Crippen molar-refractivity contribution < 1.29 is 19.1 Å². The van der Waals surface area contributed by atoms with Gasteiger partial charge in [-0.25, -0.2) is 0 Å². The van der Waals surface area contributed by atoms with Crippen molar-refractivity contribution in [2.24, 2.45) is 0 Å². The van der Waals surface area contributed by atoms with Crippen molar-refractivity contribution in [1.82, 2.24) is 0 Å². The molecule has 0 bridgehead atoms. The highest BCUT2D eigenvalue weighted by Gasteiger charge is 2.13. The van der Waals surface area contributed by atoms with Gasteiger partial charge in [-0.2, -0.15) is 0 Å². The van der Waals surface area contributed by atoms with E-state index in [4.69, 9.17) is 0 Å². The molecule has 13 heavy (non-hydrogen) atoms. The van der Waals surface area contributed by atoms with Crippen molar-refractivity contribution in [3.8, 4) is 0 Å². The largest absolute Gasteiger partial charge is 0.466 e. The zero-order chi connectivity index (χ0) is 10.3. The minimum Gasteiger partial charge on any atom is -0.466 e. The fourth-order valence-corrected chi connectivity index (χ4v) is 0.785. The summed E-state index contributed by atoms with van der Waals surface area (Å²) in [5, 5.41) is 0. The second kappa shape index (κ2) is 6.34. The number of Topliss-reactive ketones (excluding diaryl/α,β-unsaturated/α-hetero) is 2. The van der Waals surface area contributed by atoms with Crippen molar-refractivity contribution >= 4 is 17.5 Å². The summed E-state index contributed by atoms with van der Waals surface area (Å²) >= 11 is 0. The van der Waals surface area contributed by atoms with Gasteiger partial charge in [0.2, 0.25) is 0 Å². The Balaban J connectivity index is 3.70. The molecule has 0 aromatic heterocycles. The number of hydrogen-bond acceptors (Lipinski definition) is 4. The fraction of sp³-hybridized carbons (Fsp3) is 0.667. The molecule has 0 N–H and O–H groups in total. The Bertz CT molecular complexity index is 208. The molecule has 0 aromatic rings. The Labute approximate surface area is 77.3 Å². The van der Waals surface area contributed by atoms with Gasteiger partial charge in [-0.05, 0) is 6.92 Å². The predicted molar refractivity (Wildman–Crippen MR) is 46.2 cm³/mol. The highest BCUT2D eigenvalue weighted by atomic mass is 16.5. The van der Waals surface area contributed by atoms with E-state index in [-0.39, 0.29) is 19.3 Å². The normalized spacial score (nSPS) is 9.38. The molecule has 0 aromatic carbocycles. The van der Waals surface area contributed by atoms with Crippen LogP contribution in [0.4, 0.5) is 0 Å². The van der Waals surface area contributed by atoms with Crippen LogP contribution in [0.25, 0.3) is 0 Å². The van der Waals surface area contributed by atoms with Crippen molar-refractivity contribution in [2.75, 3.05) is 6.61 Å². The topological polar surface area (TPSA) is 60.4 Å². The van der Waals surface area contributed by atoms with Gasteiger partial charge in [0, 0.05) is 12.8 Å². The average Bonchev–Trinajstić information content (AvgIpc) is 2.13. The first-order valence-corrected chi connectivity index (χ1v) is 4.33. The maximum absolute atomic E-state index is 10.9. The van der Waals surface area contributed by atoms with E-state index in [0.717, 1.165) is 0 Å². The van der Waals surface area contributed by atoms with E-state index in [1.165, 1.54) is 0 Å². The molecule has 0 heterocycles. The predicted octanol–water partition coefficient (Wildman–Crippen LogP) is 0.878. The molecule has 0 unspecified atom stereocenters. The van der Waals surface area contributed by atoms with Crippen LogP contribution >= 0.6 is 0 Å². The zero-order valence-electron chi connectivity index (χ0n) is 7.96. The van der Waals surface area contributed by atoms with Gasteiger partial charge in [0.1, 0.15) is 0 Å². The van der Waals surface area contributed by atoms with Crippen LogP contribution in [-0.4, -0.2) is 24.1 Å². The summed E-state index contributed by atoms with van der Waals surface area (Å²) in [6.45, 7) is 3.61. The van der Waals surface area contributed by atoms with Crippen LogP contribution < -0.4 is 0 Å². The second-order valence-corrected chi connectivity index (χ2v) is 2.50. The average molecular weight is 186 g/mol. The molecule has 0 aliphatic carbocycles. The molecule has 4 nitrogen and oxygen atoms in total. The highest BCUT2D eigenvalue weighted by Crippen LogP contribution is 1.97. The molecule has 0 amide bonds. The van der Waals surface area contributed by atoms with Crippen LogP contribution in [0, 0.1) is 0 Å². The Morgan fingerprint density at radius 1 is 1.00 bits per heavy atom. The fourth-order valence-electron chi connectivity index (χ4n) is 0.785. The number of carbonyl (C=O) groups is 3. The van der Waals surface area contributed by atoms with Gasteiger partial charge < -0.3 is 4.74 Å². The maximum atomic E-state index is 10.9.